The number of carbonyl (C=O) groups excluding carboxylic acids is 1. The second-order valence-corrected chi connectivity index (χ2v) is 5.98. The number of aromatic carboxylic acids is 1. The van der Waals surface area contributed by atoms with Crippen LogP contribution in [0.15, 0.2) is 36.5 Å². The largest absolute Gasteiger partial charge is 0.476 e. The van der Waals surface area contributed by atoms with Crippen LogP contribution in [0.3, 0.4) is 0 Å². The van der Waals surface area contributed by atoms with Crippen LogP contribution in [0.5, 0.6) is 0 Å². The summed E-state index contributed by atoms with van der Waals surface area (Å²) in [5.41, 5.74) is 1.08. The molecule has 0 saturated carbocycles. The van der Waals surface area contributed by atoms with Crippen molar-refractivity contribution in [1.29, 1.82) is 0 Å². The van der Waals surface area contributed by atoms with Gasteiger partial charge in [0.1, 0.15) is 0 Å². The number of nitrogens with one attached hydrogen (secondary N) is 1. The Labute approximate surface area is 150 Å². The number of hydrogen-bond acceptors (Lipinski definition) is 5. The van der Waals surface area contributed by atoms with E-state index in [4.69, 9.17) is 14.6 Å². The lowest BCUT2D eigenvalue weighted by Gasteiger charge is -2.12. The van der Waals surface area contributed by atoms with Gasteiger partial charge in [-0.1, -0.05) is 12.1 Å². The minimum atomic E-state index is -1.10. The third-order valence-electron chi connectivity index (χ3n) is 4.03. The van der Waals surface area contributed by atoms with Gasteiger partial charge in [0.05, 0.1) is 37.1 Å². The van der Waals surface area contributed by atoms with Crippen LogP contribution in [0.1, 0.15) is 29.8 Å². The molecule has 1 atom stereocenters. The van der Waals surface area contributed by atoms with E-state index in [0.29, 0.717) is 24.6 Å². The van der Waals surface area contributed by atoms with E-state index in [1.165, 1.54) is 10.7 Å². The van der Waals surface area contributed by atoms with Crippen LogP contribution in [0.25, 0.3) is 5.69 Å². The number of hydrogen-bond donors (Lipinski definition) is 2. The summed E-state index contributed by atoms with van der Waals surface area (Å²) < 4.78 is 12.4. The SMILES string of the molecule is O=C(CCOCC1CCCO1)Nc1ccccc1-n1ccc(C(=O)O)n1. The third kappa shape index (κ3) is 4.68. The van der Waals surface area contributed by atoms with Gasteiger partial charge < -0.3 is 19.9 Å². The van der Waals surface area contributed by atoms with Crippen LogP contribution >= 0.6 is 0 Å². The molecule has 1 aromatic heterocycles. The lowest BCUT2D eigenvalue weighted by Crippen LogP contribution is -2.19. The monoisotopic (exact) mass is 359 g/mol. The molecule has 0 bridgehead atoms. The fourth-order valence-corrected chi connectivity index (χ4v) is 2.72. The van der Waals surface area contributed by atoms with Gasteiger partial charge in [0.15, 0.2) is 5.69 Å². The molecule has 1 aliphatic rings. The lowest BCUT2D eigenvalue weighted by molar-refractivity contribution is -0.117. The molecule has 1 fully saturated rings. The van der Waals surface area contributed by atoms with E-state index < -0.39 is 5.97 Å². The van der Waals surface area contributed by atoms with Gasteiger partial charge in [-0.2, -0.15) is 5.10 Å². The summed E-state index contributed by atoms with van der Waals surface area (Å²) >= 11 is 0. The molecule has 8 nitrogen and oxygen atoms in total. The van der Waals surface area contributed by atoms with E-state index in [2.05, 4.69) is 10.4 Å². The van der Waals surface area contributed by atoms with Gasteiger partial charge in [0.2, 0.25) is 5.91 Å². The number of benzene rings is 1. The standard InChI is InChI=1S/C18H21N3O5/c22-17(8-11-25-12-13-4-3-10-26-13)19-14-5-1-2-6-16(14)21-9-7-15(20-21)18(23)24/h1-2,5-7,9,13H,3-4,8,10-12H2,(H,19,22)(H,23,24). The van der Waals surface area contributed by atoms with Crippen LogP contribution in [0.2, 0.25) is 0 Å². The summed E-state index contributed by atoms with van der Waals surface area (Å²) in [6, 6.07) is 8.47. The molecule has 1 unspecified atom stereocenters. The Kier molecular flexibility index (Phi) is 5.98. The summed E-state index contributed by atoms with van der Waals surface area (Å²) in [5, 5.41) is 15.8. The second-order valence-electron chi connectivity index (χ2n) is 5.98. The highest BCUT2D eigenvalue weighted by Crippen LogP contribution is 2.20. The van der Waals surface area contributed by atoms with E-state index >= 15 is 0 Å². The molecular weight excluding hydrogens is 338 g/mol. The van der Waals surface area contributed by atoms with Crippen LogP contribution in [-0.2, 0) is 14.3 Å². The molecule has 138 valence electrons. The van der Waals surface area contributed by atoms with E-state index in [0.717, 1.165) is 19.4 Å². The minimum absolute atomic E-state index is 0.0614. The first kappa shape index (κ1) is 18.1. The molecule has 1 amide bonds. The average Bonchev–Trinajstić information content (AvgIpc) is 3.31. The molecule has 0 spiro atoms. The fourth-order valence-electron chi connectivity index (χ4n) is 2.72. The number of rotatable bonds is 8. The molecule has 1 aromatic carbocycles. The number of carboxylic acids is 1. The van der Waals surface area contributed by atoms with Gasteiger partial charge in [-0.05, 0) is 31.0 Å². The maximum Gasteiger partial charge on any atom is 0.356 e. The highest BCUT2D eigenvalue weighted by Gasteiger charge is 2.16. The maximum absolute atomic E-state index is 12.2. The van der Waals surface area contributed by atoms with E-state index in [-0.39, 0.29) is 24.1 Å². The average molecular weight is 359 g/mol. The first-order valence-corrected chi connectivity index (χ1v) is 8.51. The zero-order chi connectivity index (χ0) is 18.4. The van der Waals surface area contributed by atoms with Crippen molar-refractivity contribution in [3.8, 4) is 5.69 Å². The highest BCUT2D eigenvalue weighted by molar-refractivity contribution is 5.93. The van der Waals surface area contributed by atoms with Gasteiger partial charge in [0, 0.05) is 12.8 Å². The van der Waals surface area contributed by atoms with Crippen LogP contribution in [-0.4, -0.2) is 52.7 Å². The lowest BCUT2D eigenvalue weighted by atomic mass is 10.2. The summed E-state index contributed by atoms with van der Waals surface area (Å²) in [5.74, 6) is -1.29. The Balaban J connectivity index is 1.55. The zero-order valence-electron chi connectivity index (χ0n) is 14.3. The molecule has 26 heavy (non-hydrogen) atoms. The molecule has 0 aliphatic carbocycles. The Morgan fingerprint density at radius 3 is 2.92 bits per heavy atom. The van der Waals surface area contributed by atoms with Crippen molar-refractivity contribution in [1.82, 2.24) is 9.78 Å². The Bertz CT molecular complexity index is 768. The topological polar surface area (TPSA) is 103 Å². The fraction of sp³-hybridized carbons (Fsp3) is 0.389. The van der Waals surface area contributed by atoms with Gasteiger partial charge in [-0.15, -0.1) is 0 Å². The van der Waals surface area contributed by atoms with E-state index in [1.807, 2.05) is 0 Å². The number of ether oxygens (including phenoxy) is 2. The van der Waals surface area contributed by atoms with Crippen LogP contribution < -0.4 is 5.32 Å². The first-order valence-electron chi connectivity index (χ1n) is 8.51. The number of carboxylic acid groups (broad SMARTS) is 1. The molecular formula is C18H21N3O5. The van der Waals surface area contributed by atoms with E-state index in [9.17, 15) is 9.59 Å². The maximum atomic E-state index is 12.2. The molecule has 1 aliphatic heterocycles. The summed E-state index contributed by atoms with van der Waals surface area (Å²) in [6.07, 6.45) is 3.96. The van der Waals surface area contributed by atoms with Crippen LogP contribution in [0.4, 0.5) is 5.69 Å². The number of anilines is 1. The van der Waals surface area contributed by atoms with Crippen molar-refractivity contribution in [2.45, 2.75) is 25.4 Å². The predicted molar refractivity (Wildman–Crippen MR) is 93.6 cm³/mol. The Morgan fingerprint density at radius 1 is 1.35 bits per heavy atom. The molecule has 8 heteroatoms. The van der Waals surface area contributed by atoms with Gasteiger partial charge >= 0.3 is 5.97 Å². The molecule has 3 rings (SSSR count). The Morgan fingerprint density at radius 2 is 2.19 bits per heavy atom. The molecule has 1 saturated heterocycles. The van der Waals surface area contributed by atoms with Crippen molar-refractivity contribution in [3.05, 3.63) is 42.2 Å². The quantitative estimate of drug-likeness (QED) is 0.700. The zero-order valence-corrected chi connectivity index (χ0v) is 14.3. The minimum Gasteiger partial charge on any atom is -0.476 e. The van der Waals surface area contributed by atoms with Gasteiger partial charge in [-0.25, -0.2) is 9.48 Å². The van der Waals surface area contributed by atoms with E-state index in [1.54, 1.807) is 30.5 Å². The number of carbonyl (C=O) groups is 2. The molecule has 2 aromatic rings. The summed E-state index contributed by atoms with van der Waals surface area (Å²) in [6.45, 7) is 1.61. The number of para-hydroxylation sites is 2. The van der Waals surface area contributed by atoms with Crippen molar-refractivity contribution in [2.24, 2.45) is 0 Å². The summed E-state index contributed by atoms with van der Waals surface area (Å²) in [4.78, 5) is 23.1. The van der Waals surface area contributed by atoms with Crippen molar-refractivity contribution in [2.75, 3.05) is 25.1 Å². The smallest absolute Gasteiger partial charge is 0.356 e. The van der Waals surface area contributed by atoms with Crippen LogP contribution in [0, 0.1) is 0 Å². The molecule has 0 radical (unpaired) electrons. The van der Waals surface area contributed by atoms with Gasteiger partial charge in [0.25, 0.3) is 0 Å². The van der Waals surface area contributed by atoms with Crippen molar-refractivity contribution >= 4 is 17.6 Å². The third-order valence-corrected chi connectivity index (χ3v) is 4.03. The Hall–Kier alpha value is -2.71. The second kappa shape index (κ2) is 8.59. The van der Waals surface area contributed by atoms with Crippen molar-refractivity contribution in [3.63, 3.8) is 0 Å². The van der Waals surface area contributed by atoms with Gasteiger partial charge in [-0.3, -0.25) is 4.79 Å². The number of amides is 1. The molecule has 2 heterocycles. The summed E-state index contributed by atoms with van der Waals surface area (Å²) in [7, 11) is 0. The first-order chi connectivity index (χ1) is 12.6. The normalized spacial score (nSPS) is 16.5. The number of aromatic nitrogens is 2. The predicted octanol–water partition coefficient (Wildman–Crippen LogP) is 2.09. The highest BCUT2D eigenvalue weighted by atomic mass is 16.5. The van der Waals surface area contributed by atoms with Crippen molar-refractivity contribution < 1.29 is 24.2 Å². The number of nitrogens with zero attached hydrogens (tertiary/aromatic N) is 2. The molecule has 2 N–H and O–H groups in total.